The molecule has 0 saturated heterocycles. The molecule has 0 saturated carbocycles. The van der Waals surface area contributed by atoms with E-state index in [1.165, 1.54) is 6.92 Å². The van der Waals surface area contributed by atoms with Gasteiger partial charge in [0.2, 0.25) is 0 Å². The first-order chi connectivity index (χ1) is 7.19. The number of para-hydroxylation sites is 1. The van der Waals surface area contributed by atoms with E-state index < -0.39 is 0 Å². The summed E-state index contributed by atoms with van der Waals surface area (Å²) in [5.41, 5.74) is 1.14. The van der Waals surface area contributed by atoms with Gasteiger partial charge in [-0.15, -0.1) is 0 Å². The summed E-state index contributed by atoms with van der Waals surface area (Å²) >= 11 is 0. The van der Waals surface area contributed by atoms with E-state index in [1.807, 2.05) is 24.3 Å². The van der Waals surface area contributed by atoms with Crippen molar-refractivity contribution in [2.75, 3.05) is 0 Å². The molecule has 0 unspecified atom stereocenters. The molecule has 0 aliphatic rings. The Morgan fingerprint density at radius 2 is 1.87 bits per heavy atom. The average molecular weight is 206 g/mol. The van der Waals surface area contributed by atoms with Crippen LogP contribution in [0.1, 0.15) is 45.1 Å². The Morgan fingerprint density at radius 3 is 2.40 bits per heavy atom. The zero-order valence-corrected chi connectivity index (χ0v) is 9.62. The molecule has 0 heterocycles. The quantitative estimate of drug-likeness (QED) is 0.556. The van der Waals surface area contributed by atoms with Crippen molar-refractivity contribution in [3.63, 3.8) is 0 Å². The van der Waals surface area contributed by atoms with Gasteiger partial charge >= 0.3 is 5.97 Å². The number of hydrogen-bond donors (Lipinski definition) is 0. The van der Waals surface area contributed by atoms with Crippen LogP contribution in [0.15, 0.2) is 24.3 Å². The first kappa shape index (κ1) is 11.8. The lowest BCUT2D eigenvalue weighted by Gasteiger charge is -2.16. The number of carbonyl (C=O) groups is 1. The van der Waals surface area contributed by atoms with Crippen LogP contribution < -0.4 is 4.74 Å². The van der Waals surface area contributed by atoms with Gasteiger partial charge in [0.1, 0.15) is 5.75 Å². The summed E-state index contributed by atoms with van der Waals surface area (Å²) in [5.74, 6) is 0.924. The lowest BCUT2D eigenvalue weighted by atomic mass is 9.93. The minimum absolute atomic E-state index is 0.256. The van der Waals surface area contributed by atoms with Crippen LogP contribution >= 0.6 is 0 Å². The minimum atomic E-state index is -0.256. The van der Waals surface area contributed by atoms with Gasteiger partial charge in [0.25, 0.3) is 0 Å². The van der Waals surface area contributed by atoms with Crippen molar-refractivity contribution >= 4 is 5.97 Å². The fourth-order valence-corrected chi connectivity index (χ4v) is 1.79. The summed E-state index contributed by atoms with van der Waals surface area (Å²) in [4.78, 5) is 10.9. The molecule has 2 heteroatoms. The number of ether oxygens (including phenoxy) is 1. The van der Waals surface area contributed by atoms with Crippen LogP contribution in [-0.2, 0) is 4.79 Å². The highest BCUT2D eigenvalue weighted by Gasteiger charge is 2.13. The van der Waals surface area contributed by atoms with Crippen molar-refractivity contribution in [3.05, 3.63) is 29.8 Å². The third-order valence-electron chi connectivity index (χ3n) is 2.60. The SMILES string of the molecule is CCC(CC)c1ccccc1OC(C)=O. The number of esters is 1. The van der Waals surface area contributed by atoms with Crippen LogP contribution in [0.4, 0.5) is 0 Å². The highest BCUT2D eigenvalue weighted by atomic mass is 16.5. The smallest absolute Gasteiger partial charge is 0.308 e. The number of carbonyl (C=O) groups excluding carboxylic acids is 1. The Bertz CT molecular complexity index is 327. The molecular formula is C13H18O2. The molecule has 0 aliphatic carbocycles. The maximum atomic E-state index is 10.9. The second-order valence-electron chi connectivity index (χ2n) is 3.64. The number of rotatable bonds is 4. The Labute approximate surface area is 91.3 Å². The molecular weight excluding hydrogens is 188 g/mol. The average Bonchev–Trinajstić information content (AvgIpc) is 2.21. The van der Waals surface area contributed by atoms with Crippen molar-refractivity contribution < 1.29 is 9.53 Å². The van der Waals surface area contributed by atoms with Crippen LogP contribution in [0.3, 0.4) is 0 Å². The van der Waals surface area contributed by atoms with Crippen LogP contribution in [0.25, 0.3) is 0 Å². The van der Waals surface area contributed by atoms with E-state index in [1.54, 1.807) is 0 Å². The predicted octanol–water partition coefficient (Wildman–Crippen LogP) is 3.52. The van der Waals surface area contributed by atoms with E-state index in [-0.39, 0.29) is 5.97 Å². The molecule has 0 spiro atoms. The molecule has 0 N–H and O–H groups in total. The fourth-order valence-electron chi connectivity index (χ4n) is 1.79. The monoisotopic (exact) mass is 206 g/mol. The molecule has 0 aliphatic heterocycles. The van der Waals surface area contributed by atoms with E-state index in [0.717, 1.165) is 18.4 Å². The topological polar surface area (TPSA) is 26.3 Å². The molecule has 0 bridgehead atoms. The second-order valence-corrected chi connectivity index (χ2v) is 3.64. The van der Waals surface area contributed by atoms with Crippen molar-refractivity contribution in [2.45, 2.75) is 39.5 Å². The molecule has 82 valence electrons. The minimum Gasteiger partial charge on any atom is -0.426 e. The van der Waals surface area contributed by atoms with E-state index in [9.17, 15) is 4.79 Å². The van der Waals surface area contributed by atoms with Crippen LogP contribution in [-0.4, -0.2) is 5.97 Å². The normalized spacial score (nSPS) is 10.4. The summed E-state index contributed by atoms with van der Waals surface area (Å²) in [6, 6.07) is 7.77. The van der Waals surface area contributed by atoms with Gasteiger partial charge in [-0.25, -0.2) is 0 Å². The third-order valence-corrected chi connectivity index (χ3v) is 2.60. The van der Waals surface area contributed by atoms with E-state index >= 15 is 0 Å². The first-order valence-electron chi connectivity index (χ1n) is 5.46. The van der Waals surface area contributed by atoms with Crippen molar-refractivity contribution in [1.29, 1.82) is 0 Å². The third kappa shape index (κ3) is 3.08. The van der Waals surface area contributed by atoms with Gasteiger partial charge in [-0.05, 0) is 30.4 Å². The second kappa shape index (κ2) is 5.54. The van der Waals surface area contributed by atoms with Crippen molar-refractivity contribution in [1.82, 2.24) is 0 Å². The van der Waals surface area contributed by atoms with Gasteiger partial charge < -0.3 is 4.74 Å². The van der Waals surface area contributed by atoms with Crippen molar-refractivity contribution in [3.8, 4) is 5.75 Å². The molecule has 0 amide bonds. The maximum absolute atomic E-state index is 10.9. The summed E-state index contributed by atoms with van der Waals surface area (Å²) in [5, 5.41) is 0. The largest absolute Gasteiger partial charge is 0.426 e. The molecule has 1 rings (SSSR count). The van der Waals surface area contributed by atoms with Crippen LogP contribution in [0.5, 0.6) is 5.75 Å². The lowest BCUT2D eigenvalue weighted by molar-refractivity contribution is -0.131. The zero-order chi connectivity index (χ0) is 11.3. The Hall–Kier alpha value is -1.31. The summed E-state index contributed by atoms with van der Waals surface area (Å²) in [6.45, 7) is 5.74. The lowest BCUT2D eigenvalue weighted by Crippen LogP contribution is -2.06. The van der Waals surface area contributed by atoms with Gasteiger partial charge in [0.15, 0.2) is 0 Å². The van der Waals surface area contributed by atoms with Gasteiger partial charge in [0, 0.05) is 6.92 Å². The molecule has 1 aromatic carbocycles. The first-order valence-corrected chi connectivity index (χ1v) is 5.46. The zero-order valence-electron chi connectivity index (χ0n) is 9.62. The van der Waals surface area contributed by atoms with Gasteiger partial charge in [-0.2, -0.15) is 0 Å². The highest BCUT2D eigenvalue weighted by Crippen LogP contribution is 2.31. The van der Waals surface area contributed by atoms with E-state index in [2.05, 4.69) is 13.8 Å². The maximum Gasteiger partial charge on any atom is 0.308 e. The van der Waals surface area contributed by atoms with E-state index in [0.29, 0.717) is 11.7 Å². The Kier molecular flexibility index (Phi) is 4.35. The summed E-state index contributed by atoms with van der Waals surface area (Å²) in [6.07, 6.45) is 2.13. The fraction of sp³-hybridized carbons (Fsp3) is 0.462. The van der Waals surface area contributed by atoms with Gasteiger partial charge in [-0.3, -0.25) is 4.79 Å². The predicted molar refractivity (Wildman–Crippen MR) is 61.1 cm³/mol. The number of hydrogen-bond acceptors (Lipinski definition) is 2. The highest BCUT2D eigenvalue weighted by molar-refractivity contribution is 5.69. The molecule has 0 fully saturated rings. The molecule has 0 radical (unpaired) electrons. The number of benzene rings is 1. The van der Waals surface area contributed by atoms with Crippen molar-refractivity contribution in [2.24, 2.45) is 0 Å². The van der Waals surface area contributed by atoms with Crippen LogP contribution in [0.2, 0.25) is 0 Å². The molecule has 0 atom stereocenters. The Balaban J connectivity index is 2.99. The Morgan fingerprint density at radius 1 is 1.27 bits per heavy atom. The van der Waals surface area contributed by atoms with Crippen LogP contribution in [0, 0.1) is 0 Å². The van der Waals surface area contributed by atoms with Gasteiger partial charge in [-0.1, -0.05) is 32.0 Å². The molecule has 0 aromatic heterocycles. The van der Waals surface area contributed by atoms with Gasteiger partial charge in [0.05, 0.1) is 0 Å². The van der Waals surface area contributed by atoms with E-state index in [4.69, 9.17) is 4.74 Å². The molecule has 15 heavy (non-hydrogen) atoms. The standard InChI is InChI=1S/C13H18O2/c1-4-11(5-2)12-8-6-7-9-13(12)15-10(3)14/h6-9,11H,4-5H2,1-3H3. The molecule has 2 nitrogen and oxygen atoms in total. The summed E-state index contributed by atoms with van der Waals surface area (Å²) < 4.78 is 5.19. The summed E-state index contributed by atoms with van der Waals surface area (Å²) in [7, 11) is 0. The molecule has 1 aromatic rings.